The summed E-state index contributed by atoms with van der Waals surface area (Å²) in [7, 11) is 0. The second-order valence-corrected chi connectivity index (χ2v) is 11.7. The van der Waals surface area contributed by atoms with Crippen LogP contribution in [0, 0.1) is 0 Å². The average molecular weight is 657 g/mol. The van der Waals surface area contributed by atoms with Crippen LogP contribution in [0.2, 0.25) is 0 Å². The van der Waals surface area contributed by atoms with Crippen molar-refractivity contribution < 1.29 is 29.4 Å². The van der Waals surface area contributed by atoms with Crippen LogP contribution in [-0.4, -0.2) is 73.8 Å². The first-order valence-electron chi connectivity index (χ1n) is 15.0. The zero-order valence-corrected chi connectivity index (χ0v) is 26.2. The number of fused-ring (bicyclic) bond motifs is 2. The zero-order chi connectivity index (χ0) is 33.5. The van der Waals surface area contributed by atoms with Crippen LogP contribution in [0.25, 0.3) is 21.8 Å². The highest BCUT2D eigenvalue weighted by Gasteiger charge is 2.31. The zero-order valence-electron chi connectivity index (χ0n) is 25.3. The topological polar surface area (TPSA) is 202 Å². The van der Waals surface area contributed by atoms with E-state index in [0.29, 0.717) is 11.1 Å². The first-order chi connectivity index (χ1) is 22.6. The van der Waals surface area contributed by atoms with Gasteiger partial charge in [-0.1, -0.05) is 48.5 Å². The van der Waals surface area contributed by atoms with Gasteiger partial charge in [0.25, 0.3) is 0 Å². The Labute approximate surface area is 275 Å². The molecule has 0 bridgehead atoms. The number of hydrogen-bond acceptors (Lipinski definition) is 7. The van der Waals surface area contributed by atoms with Gasteiger partial charge >= 0.3 is 5.97 Å². The molecule has 3 aromatic carbocycles. The average Bonchev–Trinajstić information content (AvgIpc) is 3.68. The molecule has 5 rings (SSSR count). The number of phenols is 1. The van der Waals surface area contributed by atoms with E-state index in [4.69, 9.17) is 5.73 Å². The maximum atomic E-state index is 13.9. The van der Waals surface area contributed by atoms with Crippen LogP contribution >= 0.6 is 12.6 Å². The molecule has 244 valence electrons. The Morgan fingerprint density at radius 2 is 1.15 bits per heavy atom. The number of hydrogen-bond donors (Lipinski definition) is 9. The monoisotopic (exact) mass is 656 g/mol. The summed E-state index contributed by atoms with van der Waals surface area (Å²) in [4.78, 5) is 59.1. The number of aromatic nitrogens is 2. The van der Waals surface area contributed by atoms with Gasteiger partial charge in [0.1, 0.15) is 23.9 Å². The third-order valence-corrected chi connectivity index (χ3v) is 8.38. The molecule has 2 aromatic heterocycles. The minimum atomic E-state index is -1.31. The Morgan fingerprint density at radius 1 is 0.681 bits per heavy atom. The third kappa shape index (κ3) is 8.12. The van der Waals surface area contributed by atoms with E-state index in [9.17, 15) is 29.4 Å². The third-order valence-electron chi connectivity index (χ3n) is 7.99. The number of aromatic hydroxyl groups is 1. The number of carbonyl (C=O) groups is 4. The molecule has 9 N–H and O–H groups in total. The Balaban J connectivity index is 1.40. The largest absolute Gasteiger partial charge is 0.508 e. The second kappa shape index (κ2) is 14.9. The molecule has 5 aromatic rings. The molecule has 2 heterocycles. The number of benzene rings is 3. The second-order valence-electron chi connectivity index (χ2n) is 11.3. The summed E-state index contributed by atoms with van der Waals surface area (Å²) in [5, 5.41) is 29.5. The van der Waals surface area contributed by atoms with E-state index in [-0.39, 0.29) is 30.8 Å². The number of carboxylic acid groups (broad SMARTS) is 1. The van der Waals surface area contributed by atoms with E-state index in [1.54, 1.807) is 24.5 Å². The Hall–Kier alpha value is -5.27. The first kappa shape index (κ1) is 33.1. The molecule has 0 saturated carbocycles. The molecule has 0 saturated heterocycles. The van der Waals surface area contributed by atoms with E-state index in [1.807, 2.05) is 48.5 Å². The van der Waals surface area contributed by atoms with E-state index in [0.717, 1.165) is 27.4 Å². The first-order valence-corrected chi connectivity index (χ1v) is 15.6. The summed E-state index contributed by atoms with van der Waals surface area (Å²) >= 11 is 4.10. The van der Waals surface area contributed by atoms with Gasteiger partial charge in [0, 0.05) is 59.2 Å². The van der Waals surface area contributed by atoms with Gasteiger partial charge < -0.3 is 41.9 Å². The number of carbonyl (C=O) groups excluding carboxylic acids is 3. The Morgan fingerprint density at radius 3 is 1.68 bits per heavy atom. The lowest BCUT2D eigenvalue weighted by molar-refractivity contribution is -0.142. The molecule has 3 amide bonds. The maximum absolute atomic E-state index is 13.9. The molecule has 13 heteroatoms. The summed E-state index contributed by atoms with van der Waals surface area (Å²) in [6.45, 7) is 0. The molecule has 0 aliphatic carbocycles. The minimum Gasteiger partial charge on any atom is -0.508 e. The van der Waals surface area contributed by atoms with Gasteiger partial charge in [0.05, 0.1) is 6.04 Å². The van der Waals surface area contributed by atoms with Crippen molar-refractivity contribution in [3.63, 3.8) is 0 Å². The van der Waals surface area contributed by atoms with E-state index < -0.39 is 47.9 Å². The highest BCUT2D eigenvalue weighted by atomic mass is 32.1. The van der Waals surface area contributed by atoms with Crippen molar-refractivity contribution in [1.29, 1.82) is 0 Å². The van der Waals surface area contributed by atoms with Gasteiger partial charge in [0.15, 0.2) is 0 Å². The van der Waals surface area contributed by atoms with Crippen molar-refractivity contribution in [2.24, 2.45) is 5.73 Å². The molecule has 4 atom stereocenters. The van der Waals surface area contributed by atoms with E-state index >= 15 is 0 Å². The highest BCUT2D eigenvalue weighted by molar-refractivity contribution is 7.80. The van der Waals surface area contributed by atoms with Crippen LogP contribution in [0.3, 0.4) is 0 Å². The number of phenolic OH excluding ortho intramolecular Hbond substituents is 1. The number of aromatic amines is 2. The van der Waals surface area contributed by atoms with Crippen LogP contribution in [0.15, 0.2) is 85.2 Å². The van der Waals surface area contributed by atoms with Crippen LogP contribution in [0.5, 0.6) is 5.75 Å². The fourth-order valence-corrected chi connectivity index (χ4v) is 5.60. The Kier molecular flexibility index (Phi) is 10.5. The molecule has 0 radical (unpaired) electrons. The number of nitrogens with two attached hydrogens (primary N) is 1. The summed E-state index contributed by atoms with van der Waals surface area (Å²) < 4.78 is 0. The van der Waals surface area contributed by atoms with Crippen LogP contribution in [0.1, 0.15) is 16.7 Å². The van der Waals surface area contributed by atoms with E-state index in [1.165, 1.54) is 12.1 Å². The molecular weight excluding hydrogens is 620 g/mol. The van der Waals surface area contributed by atoms with Crippen molar-refractivity contribution in [2.75, 3.05) is 5.75 Å². The number of H-pyrrole nitrogens is 2. The normalized spacial score (nSPS) is 13.8. The molecule has 0 aliphatic heterocycles. The van der Waals surface area contributed by atoms with Crippen molar-refractivity contribution in [1.82, 2.24) is 25.9 Å². The summed E-state index contributed by atoms with van der Waals surface area (Å²) in [5.74, 6) is -3.18. The number of thiol groups is 1. The molecule has 0 aliphatic rings. The quantitative estimate of drug-likeness (QED) is 0.0815. The number of para-hydroxylation sites is 2. The standard InChI is InChI=1S/C34H36N6O6S/c35-25(18-47)31(42)38-29(14-20-16-36-26-7-3-1-5-23(20)26)33(44)39-28(13-19-9-11-22(41)12-10-19)32(43)40-30(34(45)46)15-21-17-37-27-8-4-2-6-24(21)27/h1-12,16-17,25,28-30,36-37,41,47H,13-15,18,35H2,(H,38,42)(H,39,44)(H,40,43)(H,45,46). The lowest BCUT2D eigenvalue weighted by Crippen LogP contribution is -2.58. The summed E-state index contributed by atoms with van der Waals surface area (Å²) in [5.41, 5.74) is 9.63. The van der Waals surface area contributed by atoms with Gasteiger partial charge in [-0.25, -0.2) is 4.79 Å². The number of amides is 3. The van der Waals surface area contributed by atoms with Crippen molar-refractivity contribution >= 4 is 58.1 Å². The van der Waals surface area contributed by atoms with Crippen LogP contribution in [-0.2, 0) is 38.4 Å². The summed E-state index contributed by atoms with van der Waals surface area (Å²) in [6, 6.07) is 16.3. The number of carboxylic acids is 1. The fourth-order valence-electron chi connectivity index (χ4n) is 5.43. The highest BCUT2D eigenvalue weighted by Crippen LogP contribution is 2.21. The van der Waals surface area contributed by atoms with Gasteiger partial charge in [-0.15, -0.1) is 0 Å². The lowest BCUT2D eigenvalue weighted by Gasteiger charge is -2.25. The SMILES string of the molecule is NC(CS)C(=O)NC(Cc1c[nH]c2ccccc12)C(=O)NC(Cc1ccc(O)cc1)C(=O)NC(Cc1c[nH]c2ccccc12)C(=O)O. The smallest absolute Gasteiger partial charge is 0.326 e. The number of rotatable bonds is 14. The lowest BCUT2D eigenvalue weighted by atomic mass is 10.0. The Bertz CT molecular complexity index is 1890. The molecular formula is C34H36N6O6S. The predicted octanol–water partition coefficient (Wildman–Crippen LogP) is 2.18. The van der Waals surface area contributed by atoms with Crippen molar-refractivity contribution in [3.05, 3.63) is 102 Å². The van der Waals surface area contributed by atoms with Crippen LogP contribution in [0.4, 0.5) is 0 Å². The molecule has 0 fully saturated rings. The predicted molar refractivity (Wildman–Crippen MR) is 181 cm³/mol. The number of aliphatic carboxylic acids is 1. The van der Waals surface area contributed by atoms with E-state index in [2.05, 4.69) is 38.5 Å². The van der Waals surface area contributed by atoms with Crippen molar-refractivity contribution in [2.45, 2.75) is 43.4 Å². The van der Waals surface area contributed by atoms with Gasteiger partial charge in [0.2, 0.25) is 17.7 Å². The van der Waals surface area contributed by atoms with Gasteiger partial charge in [-0.3, -0.25) is 14.4 Å². The minimum absolute atomic E-state index is 0.00811. The maximum Gasteiger partial charge on any atom is 0.326 e. The summed E-state index contributed by atoms with van der Waals surface area (Å²) in [6.07, 6.45) is 3.49. The fraction of sp³-hybridized carbons (Fsp3) is 0.235. The van der Waals surface area contributed by atoms with Gasteiger partial charge in [-0.2, -0.15) is 12.6 Å². The molecule has 4 unspecified atom stereocenters. The molecule has 12 nitrogen and oxygen atoms in total. The van der Waals surface area contributed by atoms with Gasteiger partial charge in [-0.05, 0) is 41.0 Å². The van der Waals surface area contributed by atoms with Crippen molar-refractivity contribution in [3.8, 4) is 5.75 Å². The molecule has 47 heavy (non-hydrogen) atoms. The number of nitrogens with one attached hydrogen (secondary N) is 5. The van der Waals surface area contributed by atoms with Crippen LogP contribution < -0.4 is 21.7 Å². The molecule has 0 spiro atoms.